The van der Waals surface area contributed by atoms with Crippen LogP contribution in [0.1, 0.15) is 47.0 Å². The Morgan fingerprint density at radius 2 is 1.92 bits per heavy atom. The maximum Gasteiger partial charge on any atom is 0.0662 e. The van der Waals surface area contributed by atoms with Crippen LogP contribution in [0, 0.1) is 11.8 Å². The smallest absolute Gasteiger partial charge is 0.0662 e. The summed E-state index contributed by atoms with van der Waals surface area (Å²) in [6.07, 6.45) is 2.96. The number of nitrogens with two attached hydrogens (primary N) is 1. The molecular weight excluding hydrogens is 162 g/mol. The number of rotatable bonds is 6. The summed E-state index contributed by atoms with van der Waals surface area (Å²) >= 11 is 0. The molecule has 0 amide bonds. The van der Waals surface area contributed by atoms with Crippen molar-refractivity contribution in [3.63, 3.8) is 0 Å². The van der Waals surface area contributed by atoms with Gasteiger partial charge < -0.3 is 10.8 Å². The zero-order chi connectivity index (χ0) is 10.5. The third kappa shape index (κ3) is 4.63. The van der Waals surface area contributed by atoms with E-state index in [1.54, 1.807) is 0 Å². The zero-order valence-corrected chi connectivity index (χ0v) is 9.51. The van der Waals surface area contributed by atoms with Gasteiger partial charge in [0.25, 0.3) is 0 Å². The molecule has 0 saturated carbocycles. The molecule has 0 spiro atoms. The molecule has 2 unspecified atom stereocenters. The summed E-state index contributed by atoms with van der Waals surface area (Å²) in [5.41, 5.74) is 5.08. The molecule has 0 saturated heterocycles. The molecule has 2 heteroatoms. The van der Waals surface area contributed by atoms with E-state index < -0.39 is 5.60 Å². The molecule has 0 radical (unpaired) electrons. The predicted octanol–water partition coefficient (Wildman–Crippen LogP) is 2.16. The normalized spacial score (nSPS) is 18.7. The summed E-state index contributed by atoms with van der Waals surface area (Å²) in [6, 6.07) is 0. The molecule has 13 heavy (non-hydrogen) atoms. The minimum atomic E-state index is -0.584. The first-order chi connectivity index (χ1) is 5.94. The van der Waals surface area contributed by atoms with Gasteiger partial charge in [-0.3, -0.25) is 0 Å². The molecule has 80 valence electrons. The fourth-order valence-electron chi connectivity index (χ4n) is 2.02. The molecule has 0 bridgehead atoms. The van der Waals surface area contributed by atoms with Crippen molar-refractivity contribution in [3.05, 3.63) is 0 Å². The van der Waals surface area contributed by atoms with Gasteiger partial charge in [0.15, 0.2) is 0 Å². The Morgan fingerprint density at radius 1 is 1.38 bits per heavy atom. The average molecular weight is 187 g/mol. The second kappa shape index (κ2) is 5.61. The number of aliphatic hydroxyl groups is 1. The van der Waals surface area contributed by atoms with Crippen LogP contribution in [0.2, 0.25) is 0 Å². The van der Waals surface area contributed by atoms with Crippen LogP contribution in [0.3, 0.4) is 0 Å². The summed E-state index contributed by atoms with van der Waals surface area (Å²) in [6.45, 7) is 8.91. The van der Waals surface area contributed by atoms with E-state index >= 15 is 0 Å². The summed E-state index contributed by atoms with van der Waals surface area (Å²) in [5, 5.41) is 10.2. The minimum Gasteiger partial charge on any atom is -0.390 e. The first-order valence-corrected chi connectivity index (χ1v) is 5.36. The van der Waals surface area contributed by atoms with Gasteiger partial charge in [0, 0.05) is 0 Å². The molecule has 2 nitrogen and oxygen atoms in total. The van der Waals surface area contributed by atoms with E-state index in [1.807, 2.05) is 6.92 Å². The van der Waals surface area contributed by atoms with Crippen LogP contribution in [0.5, 0.6) is 0 Å². The Labute approximate surface area is 82.5 Å². The van der Waals surface area contributed by atoms with Crippen molar-refractivity contribution in [1.82, 2.24) is 0 Å². The van der Waals surface area contributed by atoms with Gasteiger partial charge in [-0.25, -0.2) is 0 Å². The van der Waals surface area contributed by atoms with Gasteiger partial charge in [0.05, 0.1) is 5.60 Å². The van der Waals surface area contributed by atoms with E-state index in [-0.39, 0.29) is 5.92 Å². The van der Waals surface area contributed by atoms with Crippen LogP contribution in [-0.4, -0.2) is 17.3 Å². The second-order valence-corrected chi connectivity index (χ2v) is 4.68. The Balaban J connectivity index is 4.19. The summed E-state index contributed by atoms with van der Waals surface area (Å²) in [7, 11) is 0. The number of hydrogen-bond donors (Lipinski definition) is 2. The first kappa shape index (κ1) is 12.9. The molecule has 0 rings (SSSR count). The largest absolute Gasteiger partial charge is 0.390 e. The van der Waals surface area contributed by atoms with Crippen molar-refractivity contribution >= 4 is 0 Å². The van der Waals surface area contributed by atoms with E-state index in [0.29, 0.717) is 12.5 Å². The van der Waals surface area contributed by atoms with Gasteiger partial charge in [0.1, 0.15) is 0 Å². The van der Waals surface area contributed by atoms with Gasteiger partial charge in [-0.1, -0.05) is 27.2 Å². The molecule has 0 aromatic rings. The van der Waals surface area contributed by atoms with E-state index in [2.05, 4.69) is 20.8 Å². The van der Waals surface area contributed by atoms with Crippen molar-refractivity contribution in [3.8, 4) is 0 Å². The van der Waals surface area contributed by atoms with Gasteiger partial charge in [-0.05, 0) is 38.1 Å². The monoisotopic (exact) mass is 187 g/mol. The van der Waals surface area contributed by atoms with Crippen LogP contribution >= 0.6 is 0 Å². The average Bonchev–Trinajstić information content (AvgIpc) is 1.97. The molecular formula is C11H25NO. The fourth-order valence-corrected chi connectivity index (χ4v) is 2.02. The SMILES string of the molecule is CCCC(CN)C(C)(O)CC(C)C. The van der Waals surface area contributed by atoms with Crippen molar-refractivity contribution in [2.45, 2.75) is 52.6 Å². The lowest BCUT2D eigenvalue weighted by Gasteiger charge is -2.33. The Kier molecular flexibility index (Phi) is 5.57. The molecule has 0 aromatic heterocycles. The van der Waals surface area contributed by atoms with Crippen molar-refractivity contribution < 1.29 is 5.11 Å². The summed E-state index contributed by atoms with van der Waals surface area (Å²) in [5.74, 6) is 0.779. The van der Waals surface area contributed by atoms with Crippen LogP contribution in [0.4, 0.5) is 0 Å². The lowest BCUT2D eigenvalue weighted by atomic mass is 9.80. The van der Waals surface area contributed by atoms with Crippen molar-refractivity contribution in [1.29, 1.82) is 0 Å². The molecule has 3 N–H and O–H groups in total. The topological polar surface area (TPSA) is 46.2 Å². The molecule has 0 aromatic carbocycles. The third-order valence-electron chi connectivity index (χ3n) is 2.62. The highest BCUT2D eigenvalue weighted by atomic mass is 16.3. The summed E-state index contributed by atoms with van der Waals surface area (Å²) in [4.78, 5) is 0. The molecule has 0 fully saturated rings. The van der Waals surface area contributed by atoms with E-state index in [9.17, 15) is 5.11 Å². The van der Waals surface area contributed by atoms with Gasteiger partial charge in [-0.2, -0.15) is 0 Å². The Bertz CT molecular complexity index is 132. The standard InChI is InChI=1S/C11H25NO/c1-5-6-10(8-12)11(4,13)7-9(2)3/h9-10,13H,5-8,12H2,1-4H3. The van der Waals surface area contributed by atoms with Crippen LogP contribution < -0.4 is 5.73 Å². The quantitative estimate of drug-likeness (QED) is 0.669. The summed E-state index contributed by atoms with van der Waals surface area (Å²) < 4.78 is 0. The fraction of sp³-hybridized carbons (Fsp3) is 1.00. The Morgan fingerprint density at radius 3 is 2.23 bits per heavy atom. The lowest BCUT2D eigenvalue weighted by Crippen LogP contribution is -2.40. The second-order valence-electron chi connectivity index (χ2n) is 4.68. The molecule has 0 aliphatic carbocycles. The lowest BCUT2D eigenvalue weighted by molar-refractivity contribution is -0.0190. The van der Waals surface area contributed by atoms with Crippen molar-refractivity contribution in [2.24, 2.45) is 17.6 Å². The first-order valence-electron chi connectivity index (χ1n) is 5.36. The highest BCUT2D eigenvalue weighted by Crippen LogP contribution is 2.27. The van der Waals surface area contributed by atoms with Gasteiger partial charge in [-0.15, -0.1) is 0 Å². The zero-order valence-electron chi connectivity index (χ0n) is 9.51. The van der Waals surface area contributed by atoms with Gasteiger partial charge in [0.2, 0.25) is 0 Å². The molecule has 2 atom stereocenters. The van der Waals surface area contributed by atoms with Crippen LogP contribution in [0.15, 0.2) is 0 Å². The third-order valence-corrected chi connectivity index (χ3v) is 2.62. The van der Waals surface area contributed by atoms with Gasteiger partial charge >= 0.3 is 0 Å². The highest BCUT2D eigenvalue weighted by Gasteiger charge is 2.30. The van der Waals surface area contributed by atoms with E-state index in [4.69, 9.17) is 5.73 Å². The minimum absolute atomic E-state index is 0.250. The van der Waals surface area contributed by atoms with E-state index in [0.717, 1.165) is 19.3 Å². The maximum absolute atomic E-state index is 10.2. The molecule has 0 aliphatic heterocycles. The predicted molar refractivity (Wildman–Crippen MR) is 57.5 cm³/mol. The van der Waals surface area contributed by atoms with E-state index in [1.165, 1.54) is 0 Å². The Hall–Kier alpha value is -0.0800. The number of hydrogen-bond acceptors (Lipinski definition) is 2. The molecule has 0 heterocycles. The van der Waals surface area contributed by atoms with Crippen LogP contribution in [-0.2, 0) is 0 Å². The molecule has 0 aliphatic rings. The highest BCUT2D eigenvalue weighted by molar-refractivity contribution is 4.83. The van der Waals surface area contributed by atoms with Crippen molar-refractivity contribution in [2.75, 3.05) is 6.54 Å². The maximum atomic E-state index is 10.2. The van der Waals surface area contributed by atoms with Crippen LogP contribution in [0.25, 0.3) is 0 Å².